The lowest BCUT2D eigenvalue weighted by Gasteiger charge is -2.18. The van der Waals surface area contributed by atoms with Crippen molar-refractivity contribution in [3.8, 4) is 0 Å². The number of alkyl halides is 1. The minimum absolute atomic E-state index is 0.0595. The molecule has 4 heterocycles. The molecule has 3 N–H and O–H groups in total. The van der Waals surface area contributed by atoms with E-state index in [-0.39, 0.29) is 66.4 Å². The van der Waals surface area contributed by atoms with Gasteiger partial charge < -0.3 is 30.2 Å². The van der Waals surface area contributed by atoms with Crippen molar-refractivity contribution < 1.29 is 33.4 Å². The van der Waals surface area contributed by atoms with Crippen molar-refractivity contribution in [1.82, 2.24) is 20.9 Å². The summed E-state index contributed by atoms with van der Waals surface area (Å²) in [4.78, 5) is 49.9. The Bertz CT molecular complexity index is 864. The lowest BCUT2D eigenvalue weighted by atomic mass is 9.93. The summed E-state index contributed by atoms with van der Waals surface area (Å²) < 4.78 is 16.2. The van der Waals surface area contributed by atoms with E-state index in [4.69, 9.17) is 14.2 Å². The number of ether oxygens (including phenoxy) is 3. The lowest BCUT2D eigenvalue weighted by Crippen LogP contribution is -2.37. The molecule has 4 rings (SSSR count). The molecule has 13 heteroatoms. The molecule has 0 bridgehead atoms. The number of urea groups is 1. The fourth-order valence-corrected chi connectivity index (χ4v) is 7.72. The number of nitrogens with one attached hydrogen (secondary N) is 3. The number of nitrogens with zero attached hydrogens (tertiary/aromatic N) is 1. The number of hydrogen-bond acceptors (Lipinski definition) is 8. The predicted molar refractivity (Wildman–Crippen MR) is 140 cm³/mol. The molecular formula is C23H33IN4O7S. The topological polar surface area (TPSA) is 135 Å². The molecule has 4 saturated heterocycles. The molecule has 0 aromatic carbocycles. The van der Waals surface area contributed by atoms with Crippen LogP contribution >= 0.6 is 34.4 Å². The van der Waals surface area contributed by atoms with Gasteiger partial charge in [0.2, 0.25) is 17.7 Å². The Labute approximate surface area is 228 Å². The highest BCUT2D eigenvalue weighted by atomic mass is 127. The first kappa shape index (κ1) is 27.6. The maximum Gasteiger partial charge on any atom is 0.315 e. The van der Waals surface area contributed by atoms with E-state index in [1.165, 1.54) is 4.90 Å². The maximum absolute atomic E-state index is 12.6. The second-order valence-electron chi connectivity index (χ2n) is 9.20. The summed E-state index contributed by atoms with van der Waals surface area (Å²) in [5.74, 6) is -0.527. The van der Waals surface area contributed by atoms with Gasteiger partial charge in [-0.2, -0.15) is 11.8 Å². The monoisotopic (exact) mass is 636 g/mol. The van der Waals surface area contributed by atoms with E-state index in [0.717, 1.165) is 25.0 Å². The molecule has 4 aliphatic rings. The Morgan fingerprint density at radius 3 is 2.75 bits per heavy atom. The summed E-state index contributed by atoms with van der Waals surface area (Å²) in [5.41, 5.74) is 0. The van der Waals surface area contributed by atoms with Crippen LogP contribution in [0.2, 0.25) is 0 Å². The Balaban J connectivity index is 0.990. The summed E-state index contributed by atoms with van der Waals surface area (Å²) >= 11 is 3.93. The van der Waals surface area contributed by atoms with Gasteiger partial charge in [-0.05, 0) is 12.8 Å². The molecule has 4 aliphatic heterocycles. The predicted octanol–water partition coefficient (Wildman–Crippen LogP) is 0.766. The third-order valence-corrected chi connectivity index (χ3v) is 9.51. The van der Waals surface area contributed by atoms with Crippen LogP contribution in [-0.4, -0.2) is 95.0 Å². The van der Waals surface area contributed by atoms with Gasteiger partial charge in [-0.15, -0.1) is 6.58 Å². The van der Waals surface area contributed by atoms with Gasteiger partial charge >= 0.3 is 6.03 Å². The van der Waals surface area contributed by atoms with Crippen molar-refractivity contribution in [2.75, 3.05) is 38.8 Å². The van der Waals surface area contributed by atoms with Gasteiger partial charge in [0.1, 0.15) is 10.8 Å². The number of imide groups is 1. The average Bonchev–Trinajstić information content (AvgIpc) is 3.56. The van der Waals surface area contributed by atoms with Crippen molar-refractivity contribution in [2.24, 2.45) is 11.8 Å². The molecular weight excluding hydrogens is 603 g/mol. The molecule has 4 fully saturated rings. The van der Waals surface area contributed by atoms with Gasteiger partial charge in [-0.3, -0.25) is 19.3 Å². The van der Waals surface area contributed by atoms with E-state index in [0.29, 0.717) is 18.3 Å². The average molecular weight is 637 g/mol. The standard InChI is InChI=1S/C23H33IN4O7S/c1-2-14-17-18(20(24)35-14)22(31)28(21(17)30)7-8-33-9-10-34-12-25-16(29)6-4-3-5-15-19-13(11-36-15)26-23(32)27-19/h2,13-15,17-20H,1,3-12H2,(H,25,29)(H2,26,27,32). The summed E-state index contributed by atoms with van der Waals surface area (Å²) in [5, 5.41) is 9.05. The largest absolute Gasteiger partial charge is 0.377 e. The van der Waals surface area contributed by atoms with Gasteiger partial charge in [0.05, 0.1) is 56.4 Å². The number of halogens is 1. The van der Waals surface area contributed by atoms with Crippen LogP contribution in [0.1, 0.15) is 25.7 Å². The third-order valence-electron chi connectivity index (χ3n) is 6.93. The van der Waals surface area contributed by atoms with E-state index < -0.39 is 17.9 Å². The zero-order valence-corrected chi connectivity index (χ0v) is 23.0. The highest BCUT2D eigenvalue weighted by Crippen LogP contribution is 2.43. The van der Waals surface area contributed by atoms with Crippen LogP contribution in [0.3, 0.4) is 0 Å². The number of thioether (sulfide) groups is 1. The molecule has 0 saturated carbocycles. The van der Waals surface area contributed by atoms with E-state index >= 15 is 0 Å². The number of carbonyl (C=O) groups excluding carboxylic acids is 4. The molecule has 11 nitrogen and oxygen atoms in total. The molecule has 0 aromatic rings. The Morgan fingerprint density at radius 2 is 1.94 bits per heavy atom. The molecule has 0 aliphatic carbocycles. The van der Waals surface area contributed by atoms with E-state index in [2.05, 4.69) is 45.1 Å². The summed E-state index contributed by atoms with van der Waals surface area (Å²) in [6.45, 7) is 4.80. The fourth-order valence-electron chi connectivity index (χ4n) is 5.08. The van der Waals surface area contributed by atoms with E-state index in [1.807, 2.05) is 11.8 Å². The van der Waals surface area contributed by atoms with Gasteiger partial charge in [-0.25, -0.2) is 4.79 Å². The molecule has 7 atom stereocenters. The first-order chi connectivity index (χ1) is 17.4. The Hall–Kier alpha value is -1.42. The molecule has 5 amide bonds. The van der Waals surface area contributed by atoms with Crippen LogP contribution < -0.4 is 16.0 Å². The SMILES string of the molecule is C=CC1OC(I)C2C(=O)N(CCOCCOCNC(=O)CCCCC3SCC4NC(=O)NC43)C(=O)C12. The van der Waals surface area contributed by atoms with Crippen molar-refractivity contribution >= 4 is 58.1 Å². The van der Waals surface area contributed by atoms with Gasteiger partial charge in [0.25, 0.3) is 0 Å². The van der Waals surface area contributed by atoms with Crippen LogP contribution in [-0.2, 0) is 28.6 Å². The van der Waals surface area contributed by atoms with Crippen molar-refractivity contribution in [3.05, 3.63) is 12.7 Å². The molecule has 36 heavy (non-hydrogen) atoms. The number of carbonyl (C=O) groups is 4. The zero-order chi connectivity index (χ0) is 25.7. The Kier molecular flexibility index (Phi) is 9.89. The molecule has 0 radical (unpaired) electrons. The number of rotatable bonds is 14. The first-order valence-electron chi connectivity index (χ1n) is 12.3. The molecule has 200 valence electrons. The second-order valence-corrected chi connectivity index (χ2v) is 11.7. The zero-order valence-electron chi connectivity index (χ0n) is 20.0. The number of hydrogen-bond donors (Lipinski definition) is 3. The van der Waals surface area contributed by atoms with E-state index in [1.54, 1.807) is 6.08 Å². The smallest absolute Gasteiger partial charge is 0.315 e. The van der Waals surface area contributed by atoms with Crippen molar-refractivity contribution in [2.45, 2.75) is 53.2 Å². The number of likely N-dealkylation sites (tertiary alicyclic amines) is 1. The number of amides is 5. The van der Waals surface area contributed by atoms with Crippen molar-refractivity contribution in [1.29, 1.82) is 0 Å². The molecule has 7 unspecified atom stereocenters. The van der Waals surface area contributed by atoms with Crippen molar-refractivity contribution in [3.63, 3.8) is 0 Å². The van der Waals surface area contributed by atoms with Gasteiger partial charge in [-0.1, -0.05) is 35.1 Å². The quantitative estimate of drug-likeness (QED) is 0.0485. The Morgan fingerprint density at radius 1 is 1.17 bits per heavy atom. The summed E-state index contributed by atoms with van der Waals surface area (Å²) in [7, 11) is 0. The van der Waals surface area contributed by atoms with Crippen LogP contribution in [0.25, 0.3) is 0 Å². The van der Waals surface area contributed by atoms with Gasteiger partial charge in [0, 0.05) is 17.4 Å². The minimum Gasteiger partial charge on any atom is -0.377 e. The highest BCUT2D eigenvalue weighted by Gasteiger charge is 2.58. The van der Waals surface area contributed by atoms with Crippen LogP contribution in [0.5, 0.6) is 0 Å². The number of fused-ring (bicyclic) bond motifs is 2. The molecule has 0 aromatic heterocycles. The van der Waals surface area contributed by atoms with Crippen LogP contribution in [0.15, 0.2) is 12.7 Å². The number of unbranched alkanes of at least 4 members (excludes halogenated alkanes) is 1. The van der Waals surface area contributed by atoms with Crippen LogP contribution in [0, 0.1) is 11.8 Å². The first-order valence-corrected chi connectivity index (χ1v) is 14.6. The van der Waals surface area contributed by atoms with Gasteiger partial charge in [0.15, 0.2) is 0 Å². The summed E-state index contributed by atoms with van der Waals surface area (Å²) in [6, 6.07) is 0.349. The highest BCUT2D eigenvalue weighted by molar-refractivity contribution is 14.1. The third kappa shape index (κ3) is 6.34. The van der Waals surface area contributed by atoms with Crippen LogP contribution in [0.4, 0.5) is 4.79 Å². The van der Waals surface area contributed by atoms with E-state index in [9.17, 15) is 19.2 Å². The minimum atomic E-state index is -0.495. The normalized spacial score (nSPS) is 32.9. The summed E-state index contributed by atoms with van der Waals surface area (Å²) in [6.07, 6.45) is 4.28. The molecule has 0 spiro atoms. The fraction of sp³-hybridized carbons (Fsp3) is 0.739. The maximum atomic E-state index is 12.6. The lowest BCUT2D eigenvalue weighted by molar-refractivity contribution is -0.143. The second kappa shape index (κ2) is 12.9.